The molecule has 53 heavy (non-hydrogen) atoms. The molecule has 0 aliphatic heterocycles. The van der Waals surface area contributed by atoms with E-state index in [1.165, 1.54) is 32.9 Å². The topological polar surface area (TPSA) is 57.4 Å². The molecule has 0 amide bonds. The molecule has 7 aromatic carbocycles. The maximum Gasteiger partial charge on any atom is 0.0991 e. The van der Waals surface area contributed by atoms with E-state index in [0.29, 0.717) is 17.6 Å². The van der Waals surface area contributed by atoms with Gasteiger partial charge in [-0.1, -0.05) is 103 Å². The van der Waals surface area contributed by atoms with Crippen molar-refractivity contribution in [3.63, 3.8) is 0 Å². The maximum atomic E-state index is 10.1. The molecule has 1 aliphatic carbocycles. The zero-order chi connectivity index (χ0) is 35.5. The lowest BCUT2D eigenvalue weighted by atomic mass is 10.00. The summed E-state index contributed by atoms with van der Waals surface area (Å²) in [6.07, 6.45) is 2.57. The smallest absolute Gasteiger partial charge is 0.0991 e. The van der Waals surface area contributed by atoms with E-state index in [1.807, 2.05) is 36.4 Å². The van der Waals surface area contributed by atoms with Crippen molar-refractivity contribution in [2.75, 3.05) is 0 Å². The van der Waals surface area contributed by atoms with Gasteiger partial charge in [-0.15, -0.1) is 0 Å². The Morgan fingerprint density at radius 1 is 0.453 bits per heavy atom. The molecule has 0 saturated carbocycles. The van der Waals surface area contributed by atoms with Gasteiger partial charge in [0.05, 0.1) is 39.9 Å². The van der Waals surface area contributed by atoms with Crippen LogP contribution in [0.3, 0.4) is 0 Å². The zero-order valence-corrected chi connectivity index (χ0v) is 28.7. The molecule has 2 aromatic heterocycles. The van der Waals surface area contributed by atoms with Gasteiger partial charge in [-0.2, -0.15) is 10.5 Å². The van der Waals surface area contributed by atoms with Gasteiger partial charge in [-0.05, 0) is 94.6 Å². The van der Waals surface area contributed by atoms with Crippen molar-refractivity contribution >= 4 is 38.8 Å². The fraction of sp³-hybridized carbons (Fsp3) is 0.0204. The molecule has 0 radical (unpaired) electrons. The van der Waals surface area contributed by atoms with Crippen LogP contribution in [0.2, 0.25) is 0 Å². The number of allylic oxidation sites excluding steroid dienone is 1. The van der Waals surface area contributed by atoms with Gasteiger partial charge in [0, 0.05) is 50.7 Å². The van der Waals surface area contributed by atoms with E-state index in [2.05, 4.69) is 155 Å². The first-order chi connectivity index (χ1) is 26.2. The largest absolute Gasteiger partial charge is 0.309 e. The van der Waals surface area contributed by atoms with Crippen LogP contribution in [0.5, 0.6) is 0 Å². The van der Waals surface area contributed by atoms with Gasteiger partial charge in [0.1, 0.15) is 0 Å². The number of nitriles is 2. The van der Waals surface area contributed by atoms with Crippen LogP contribution in [0.15, 0.2) is 169 Å². The van der Waals surface area contributed by atoms with Crippen LogP contribution >= 0.6 is 0 Å². The molecular formula is C49H30N4. The summed E-state index contributed by atoms with van der Waals surface area (Å²) in [6.45, 7) is 0. The quantitative estimate of drug-likeness (QED) is 0.187. The third-order valence-electron chi connectivity index (χ3n) is 10.6. The normalized spacial score (nSPS) is 12.2. The number of fused-ring (bicyclic) bond motifs is 8. The minimum Gasteiger partial charge on any atom is -0.309 e. The molecule has 0 spiro atoms. The SMILES string of the molecule is N#CC1=Cc2c(n(-c3ccc(-c4ccc5c(c4)c4ccccc4n5-c4ccc(-c5ccccc5)cc4)cc3)c3ccc(C#N)cc23)-c2ccccc2C1. The summed E-state index contributed by atoms with van der Waals surface area (Å²) in [5, 5.41) is 23.2. The first-order valence-corrected chi connectivity index (χ1v) is 17.8. The third-order valence-corrected chi connectivity index (χ3v) is 10.6. The van der Waals surface area contributed by atoms with Crippen LogP contribution in [-0.4, -0.2) is 9.13 Å². The van der Waals surface area contributed by atoms with Crippen LogP contribution in [-0.2, 0) is 6.42 Å². The van der Waals surface area contributed by atoms with E-state index in [-0.39, 0.29) is 0 Å². The number of para-hydroxylation sites is 1. The van der Waals surface area contributed by atoms with Crippen LogP contribution in [0, 0.1) is 22.7 Å². The molecule has 0 N–H and O–H groups in total. The molecule has 2 heterocycles. The molecule has 4 heteroatoms. The van der Waals surface area contributed by atoms with Crippen LogP contribution in [0.4, 0.5) is 0 Å². The molecule has 0 fully saturated rings. The Kier molecular flexibility index (Phi) is 6.96. The standard InChI is InChI=1S/C49H30N4/c50-30-32-14-24-48-43(27-32)45-28-33(31-51)26-38-10-4-5-11-41(38)49(45)53(48)40-22-17-36(18-23-40)37-19-25-47-44(29-37)42-12-6-7-13-46(42)52(47)39-20-15-35(16-21-39)34-8-2-1-3-9-34/h1-25,27-29H,26H2. The number of benzene rings is 7. The van der Waals surface area contributed by atoms with Crippen molar-refractivity contribution in [2.24, 2.45) is 0 Å². The highest BCUT2D eigenvalue weighted by Gasteiger charge is 2.24. The number of hydrogen-bond donors (Lipinski definition) is 0. The van der Waals surface area contributed by atoms with Crippen molar-refractivity contribution in [1.29, 1.82) is 10.5 Å². The molecule has 0 saturated heterocycles. The molecule has 0 bridgehead atoms. The summed E-state index contributed by atoms with van der Waals surface area (Å²) in [4.78, 5) is 0. The molecule has 9 aromatic rings. The van der Waals surface area contributed by atoms with Gasteiger partial charge in [0.25, 0.3) is 0 Å². The summed E-state index contributed by atoms with van der Waals surface area (Å²) in [7, 11) is 0. The van der Waals surface area contributed by atoms with Crippen molar-refractivity contribution < 1.29 is 0 Å². The van der Waals surface area contributed by atoms with Crippen LogP contribution < -0.4 is 0 Å². The van der Waals surface area contributed by atoms with E-state index >= 15 is 0 Å². The van der Waals surface area contributed by atoms with Crippen molar-refractivity contribution in [3.05, 3.63) is 186 Å². The predicted molar refractivity (Wildman–Crippen MR) is 216 cm³/mol. The lowest BCUT2D eigenvalue weighted by Gasteiger charge is -2.15. The van der Waals surface area contributed by atoms with Gasteiger partial charge >= 0.3 is 0 Å². The Hall–Kier alpha value is -7.40. The summed E-state index contributed by atoms with van der Waals surface area (Å²) in [5.74, 6) is 0. The average Bonchev–Trinajstić information content (AvgIpc) is 3.66. The highest BCUT2D eigenvalue weighted by Crippen LogP contribution is 2.43. The van der Waals surface area contributed by atoms with Crippen molar-refractivity contribution in [2.45, 2.75) is 6.42 Å². The maximum absolute atomic E-state index is 10.1. The van der Waals surface area contributed by atoms with E-state index < -0.39 is 0 Å². The minimum atomic E-state index is 0.567. The van der Waals surface area contributed by atoms with E-state index in [4.69, 9.17) is 0 Å². The molecule has 10 rings (SSSR count). The molecule has 0 atom stereocenters. The second kappa shape index (κ2) is 12.1. The average molecular weight is 675 g/mol. The van der Waals surface area contributed by atoms with Crippen LogP contribution in [0.1, 0.15) is 16.7 Å². The van der Waals surface area contributed by atoms with Crippen molar-refractivity contribution in [1.82, 2.24) is 9.13 Å². The number of aromatic nitrogens is 2. The second-order valence-electron chi connectivity index (χ2n) is 13.6. The zero-order valence-electron chi connectivity index (χ0n) is 28.7. The number of nitrogens with zero attached hydrogens (tertiary/aromatic N) is 4. The van der Waals surface area contributed by atoms with Gasteiger partial charge < -0.3 is 9.13 Å². The highest BCUT2D eigenvalue weighted by atomic mass is 15.0. The first-order valence-electron chi connectivity index (χ1n) is 17.8. The highest BCUT2D eigenvalue weighted by molar-refractivity contribution is 6.10. The van der Waals surface area contributed by atoms with Gasteiger partial charge in [-0.25, -0.2) is 0 Å². The van der Waals surface area contributed by atoms with E-state index in [0.717, 1.165) is 55.8 Å². The Labute approximate surface area is 307 Å². The second-order valence-corrected chi connectivity index (χ2v) is 13.6. The molecule has 1 aliphatic rings. The molecule has 246 valence electrons. The predicted octanol–water partition coefficient (Wildman–Crippen LogP) is 12.1. The molecular weight excluding hydrogens is 645 g/mol. The van der Waals surface area contributed by atoms with Crippen LogP contribution in [0.25, 0.3) is 83.7 Å². The number of hydrogen-bond acceptors (Lipinski definition) is 2. The van der Waals surface area contributed by atoms with E-state index in [1.54, 1.807) is 0 Å². The summed E-state index contributed by atoms with van der Waals surface area (Å²) in [5.41, 5.74) is 15.7. The fourth-order valence-corrected chi connectivity index (χ4v) is 8.14. The molecule has 0 unspecified atom stereocenters. The Morgan fingerprint density at radius 3 is 1.83 bits per heavy atom. The van der Waals surface area contributed by atoms with E-state index in [9.17, 15) is 10.5 Å². The minimum absolute atomic E-state index is 0.567. The first kappa shape index (κ1) is 30.4. The van der Waals surface area contributed by atoms with Gasteiger partial charge in [0.2, 0.25) is 0 Å². The summed E-state index contributed by atoms with van der Waals surface area (Å²) < 4.78 is 4.64. The third kappa shape index (κ3) is 4.89. The summed E-state index contributed by atoms with van der Waals surface area (Å²) >= 11 is 0. The Morgan fingerprint density at radius 2 is 1.06 bits per heavy atom. The summed E-state index contributed by atoms with van der Waals surface area (Å²) in [6, 6.07) is 62.4. The van der Waals surface area contributed by atoms with Crippen molar-refractivity contribution in [3.8, 4) is 57.0 Å². The molecule has 4 nitrogen and oxygen atoms in total. The van der Waals surface area contributed by atoms with Gasteiger partial charge in [-0.3, -0.25) is 0 Å². The Balaban J connectivity index is 1.09. The Bertz CT molecular complexity index is 3020. The number of rotatable bonds is 4. The lowest BCUT2D eigenvalue weighted by Crippen LogP contribution is -1.99. The lowest BCUT2D eigenvalue weighted by molar-refractivity contribution is 1.12. The van der Waals surface area contributed by atoms with Gasteiger partial charge in [0.15, 0.2) is 0 Å². The monoisotopic (exact) mass is 674 g/mol. The fourth-order valence-electron chi connectivity index (χ4n) is 8.14.